The van der Waals surface area contributed by atoms with Crippen LogP contribution in [0.15, 0.2) is 65.1 Å². The van der Waals surface area contributed by atoms with E-state index in [0.29, 0.717) is 22.9 Å². The molecule has 1 unspecified atom stereocenters. The molecule has 33 heavy (non-hydrogen) atoms. The lowest BCUT2D eigenvalue weighted by Gasteiger charge is -2.30. The van der Waals surface area contributed by atoms with Crippen molar-refractivity contribution >= 4 is 15.5 Å². The predicted molar refractivity (Wildman–Crippen MR) is 119 cm³/mol. The van der Waals surface area contributed by atoms with Crippen molar-refractivity contribution in [2.24, 2.45) is 10.8 Å². The quantitative estimate of drug-likeness (QED) is 0.345. The van der Waals surface area contributed by atoms with Gasteiger partial charge in [-0.25, -0.2) is 24.3 Å². The summed E-state index contributed by atoms with van der Waals surface area (Å²) in [5, 5.41) is 21.9. The van der Waals surface area contributed by atoms with Gasteiger partial charge < -0.3 is 9.47 Å². The number of rotatable bonds is 8. The maximum atomic E-state index is 12.4. The van der Waals surface area contributed by atoms with E-state index in [1.807, 2.05) is 6.07 Å². The lowest BCUT2D eigenvalue weighted by atomic mass is 10.1. The first kappa shape index (κ1) is 23.7. The van der Waals surface area contributed by atoms with Gasteiger partial charge in [0.05, 0.1) is 23.2 Å². The molecule has 2 aromatic rings. The second kappa shape index (κ2) is 9.68. The van der Waals surface area contributed by atoms with E-state index in [1.54, 1.807) is 37.3 Å². The number of aliphatic imine (C=N–C) groups is 1. The monoisotopic (exact) mass is 471 g/mol. The highest BCUT2D eigenvalue weighted by Crippen LogP contribution is 2.30. The summed E-state index contributed by atoms with van der Waals surface area (Å²) in [5.74, 6) is 5.76. The van der Waals surface area contributed by atoms with Crippen LogP contribution in [0.5, 0.6) is 11.5 Å². The normalized spacial score (nSPS) is 16.1. The van der Waals surface area contributed by atoms with E-state index >= 15 is 0 Å². The van der Waals surface area contributed by atoms with Crippen molar-refractivity contribution < 1.29 is 22.8 Å². The van der Waals surface area contributed by atoms with Crippen molar-refractivity contribution in [2.75, 3.05) is 12.9 Å². The van der Waals surface area contributed by atoms with Crippen molar-refractivity contribution in [3.8, 4) is 17.6 Å². The van der Waals surface area contributed by atoms with Gasteiger partial charge in [-0.1, -0.05) is 30.3 Å². The third kappa shape index (κ3) is 5.46. The Hall–Kier alpha value is -3.95. The van der Waals surface area contributed by atoms with Crippen LogP contribution in [-0.4, -0.2) is 42.4 Å². The molecule has 3 rings (SSSR count). The van der Waals surface area contributed by atoms with Crippen LogP contribution in [0.2, 0.25) is 0 Å². The first-order valence-corrected chi connectivity index (χ1v) is 11.7. The minimum absolute atomic E-state index is 0.00973. The zero-order valence-corrected chi connectivity index (χ0v) is 18.7. The number of hydrogen-bond donors (Lipinski definition) is 1. The molecule has 0 radical (unpaired) electrons. The summed E-state index contributed by atoms with van der Waals surface area (Å²) in [5.41, 5.74) is -1.48. The van der Waals surface area contributed by atoms with Crippen molar-refractivity contribution in [3.63, 3.8) is 0 Å². The fraction of sp³-hybridized carbons (Fsp3) is 0.238. The average molecular weight is 471 g/mol. The number of nitriles is 1. The minimum atomic E-state index is -3.90. The molecule has 0 aliphatic carbocycles. The molecule has 1 atom stereocenters. The lowest BCUT2D eigenvalue weighted by Crippen LogP contribution is -2.50. The second-order valence-electron chi connectivity index (χ2n) is 7.05. The number of allylic oxidation sites excluding steroid dienone is 1. The van der Waals surface area contributed by atoms with Crippen molar-refractivity contribution in [1.82, 2.24) is 5.01 Å². The molecule has 12 heteroatoms. The van der Waals surface area contributed by atoms with Gasteiger partial charge >= 0.3 is 5.70 Å². The number of nitrogens with zero attached hydrogens (tertiary/aromatic N) is 4. The van der Waals surface area contributed by atoms with Crippen molar-refractivity contribution in [2.45, 2.75) is 18.8 Å². The molecule has 0 fully saturated rings. The Balaban J connectivity index is 2.15. The average Bonchev–Trinajstić information content (AvgIpc) is 2.75. The molecule has 11 nitrogen and oxygen atoms in total. The predicted octanol–water partition coefficient (Wildman–Crippen LogP) is 1.98. The molecule has 0 aromatic heterocycles. The summed E-state index contributed by atoms with van der Waals surface area (Å²) >= 11 is 0. The molecule has 1 aliphatic heterocycles. The van der Waals surface area contributed by atoms with Crippen LogP contribution in [-0.2, 0) is 16.3 Å². The van der Waals surface area contributed by atoms with E-state index in [4.69, 9.17) is 15.3 Å². The van der Waals surface area contributed by atoms with Crippen molar-refractivity contribution in [1.29, 1.82) is 5.26 Å². The number of benzene rings is 2. The summed E-state index contributed by atoms with van der Waals surface area (Å²) in [7, 11) is -3.90. The van der Waals surface area contributed by atoms with Gasteiger partial charge in [0.2, 0.25) is 5.50 Å². The first-order valence-electron chi connectivity index (χ1n) is 9.72. The van der Waals surface area contributed by atoms with E-state index in [0.717, 1.165) is 6.26 Å². The third-order valence-corrected chi connectivity index (χ3v) is 5.63. The van der Waals surface area contributed by atoms with Crippen LogP contribution >= 0.6 is 0 Å². The van der Waals surface area contributed by atoms with E-state index in [9.17, 15) is 23.8 Å². The molecule has 0 saturated carbocycles. The summed E-state index contributed by atoms with van der Waals surface area (Å²) < 4.78 is 35.9. The number of nitro groups is 1. The topological polar surface area (TPSA) is 161 Å². The van der Waals surface area contributed by atoms with Gasteiger partial charge in [0.25, 0.3) is 5.88 Å². The van der Waals surface area contributed by atoms with Gasteiger partial charge in [0, 0.05) is 18.7 Å². The Kier molecular flexibility index (Phi) is 6.95. The van der Waals surface area contributed by atoms with Crippen LogP contribution in [0, 0.1) is 21.4 Å². The molecule has 1 aliphatic rings. The fourth-order valence-electron chi connectivity index (χ4n) is 3.16. The highest BCUT2D eigenvalue weighted by atomic mass is 32.2. The first-order chi connectivity index (χ1) is 15.6. The second-order valence-corrected chi connectivity index (χ2v) is 9.13. The Morgan fingerprint density at radius 1 is 1.24 bits per heavy atom. The molecule has 2 N–H and O–H groups in total. The number of hydrazine groups is 1. The maximum Gasteiger partial charge on any atom is 0.351 e. The van der Waals surface area contributed by atoms with Crippen LogP contribution in [0.3, 0.4) is 0 Å². The molecule has 2 aromatic carbocycles. The standard InChI is InChI=1S/C21H21N5O6S/c1-3-31-16-9-15(13-22)10-17(12-16)32-20-19(26(27)28)18(11-14-7-5-4-6-8-14)24-21(25(20)23)33(2,29)30/h4-10,12,21H,3,11,23H2,1-2H3. The van der Waals surface area contributed by atoms with Gasteiger partial charge in [-0.2, -0.15) is 5.26 Å². The number of hydrogen-bond acceptors (Lipinski definition) is 10. The largest absolute Gasteiger partial charge is 0.494 e. The highest BCUT2D eigenvalue weighted by molar-refractivity contribution is 7.91. The summed E-state index contributed by atoms with van der Waals surface area (Å²) in [6.45, 7) is 2.06. The number of ether oxygens (including phenoxy) is 2. The molecule has 0 spiro atoms. The van der Waals surface area contributed by atoms with Gasteiger partial charge in [0.15, 0.2) is 9.84 Å². The van der Waals surface area contributed by atoms with Crippen LogP contribution < -0.4 is 15.3 Å². The van der Waals surface area contributed by atoms with Crippen LogP contribution in [0.25, 0.3) is 0 Å². The molecule has 172 valence electrons. The van der Waals surface area contributed by atoms with Crippen LogP contribution in [0.1, 0.15) is 18.1 Å². The molecular formula is C21H21N5O6S. The third-order valence-electron chi connectivity index (χ3n) is 4.53. The smallest absolute Gasteiger partial charge is 0.351 e. The SMILES string of the molecule is CCOc1cc(C#N)cc(OC2=C([N+](=O)[O-])C(Cc3ccccc3)=NC(S(C)(=O)=O)N2N)c1. The van der Waals surface area contributed by atoms with E-state index in [-0.39, 0.29) is 23.4 Å². The zero-order valence-electron chi connectivity index (χ0n) is 17.8. The Labute approximate surface area is 190 Å². The Morgan fingerprint density at radius 3 is 2.48 bits per heavy atom. The molecular weight excluding hydrogens is 450 g/mol. The highest BCUT2D eigenvalue weighted by Gasteiger charge is 2.42. The van der Waals surface area contributed by atoms with Crippen LogP contribution in [0.4, 0.5) is 0 Å². The van der Waals surface area contributed by atoms with Gasteiger partial charge in [-0.05, 0) is 24.6 Å². The van der Waals surface area contributed by atoms with E-state index in [2.05, 4.69) is 4.99 Å². The Bertz CT molecular complexity index is 1270. The summed E-state index contributed by atoms with van der Waals surface area (Å²) in [6.07, 6.45) is 0.895. The Morgan fingerprint density at radius 2 is 1.91 bits per heavy atom. The molecule has 0 bridgehead atoms. The van der Waals surface area contributed by atoms with Gasteiger partial charge in [-0.3, -0.25) is 10.1 Å². The fourth-order valence-corrected chi connectivity index (χ4v) is 3.99. The van der Waals surface area contributed by atoms with Gasteiger partial charge in [0.1, 0.15) is 17.2 Å². The summed E-state index contributed by atoms with van der Waals surface area (Å²) in [4.78, 5) is 15.4. The molecule has 1 heterocycles. The molecule has 0 amide bonds. The molecule has 0 saturated heterocycles. The zero-order chi connectivity index (χ0) is 24.2. The van der Waals surface area contributed by atoms with Crippen molar-refractivity contribution in [3.05, 3.63) is 81.4 Å². The van der Waals surface area contributed by atoms with E-state index in [1.165, 1.54) is 18.2 Å². The van der Waals surface area contributed by atoms with E-state index < -0.39 is 31.8 Å². The lowest BCUT2D eigenvalue weighted by molar-refractivity contribution is -0.419. The number of nitrogens with two attached hydrogens (primary N) is 1. The minimum Gasteiger partial charge on any atom is -0.494 e. The number of sulfone groups is 1. The maximum absolute atomic E-state index is 12.4. The van der Waals surface area contributed by atoms with Gasteiger partial charge in [-0.15, -0.1) is 0 Å². The summed E-state index contributed by atoms with van der Waals surface area (Å²) in [6, 6.07) is 14.9.